The van der Waals surface area contributed by atoms with Crippen molar-refractivity contribution in [3.8, 4) is 0 Å². The minimum Gasteiger partial charge on any atom is -0.369 e. The molecule has 0 saturated carbocycles. The van der Waals surface area contributed by atoms with E-state index in [2.05, 4.69) is 17.2 Å². The van der Waals surface area contributed by atoms with E-state index in [9.17, 15) is 31.5 Å². The first kappa shape index (κ1) is 33.4. The van der Waals surface area contributed by atoms with Crippen molar-refractivity contribution < 1.29 is 31.5 Å². The van der Waals surface area contributed by atoms with Crippen molar-refractivity contribution in [2.24, 2.45) is 0 Å². The molecule has 236 valence electrons. The highest BCUT2D eigenvalue weighted by atomic mass is 32.2. The lowest BCUT2D eigenvalue weighted by Crippen LogP contribution is -2.61. The summed E-state index contributed by atoms with van der Waals surface area (Å²) in [6.07, 6.45) is -2.02. The summed E-state index contributed by atoms with van der Waals surface area (Å²) in [6, 6.07) is 25.8. The zero-order chi connectivity index (χ0) is 32.8. The average Bonchev–Trinajstić information content (AvgIpc) is 2.99. The number of para-hydroxylation sites is 1. The van der Waals surface area contributed by atoms with Crippen LogP contribution in [-0.4, -0.2) is 37.5 Å². The lowest BCUT2D eigenvalue weighted by atomic mass is 9.95. The molecule has 0 aliphatic rings. The summed E-state index contributed by atoms with van der Waals surface area (Å²) >= 11 is 0. The molecular formula is C34H34F3N3O4S. The molecular weight excluding hydrogens is 603 g/mol. The van der Waals surface area contributed by atoms with Gasteiger partial charge >= 0.3 is 6.18 Å². The van der Waals surface area contributed by atoms with Crippen LogP contribution in [0.3, 0.4) is 0 Å². The van der Waals surface area contributed by atoms with Crippen LogP contribution in [0.2, 0.25) is 0 Å². The summed E-state index contributed by atoms with van der Waals surface area (Å²) in [6.45, 7) is 5.37. The molecule has 4 aromatic carbocycles. The topological polar surface area (TPSA) is 98.7 Å². The van der Waals surface area contributed by atoms with Gasteiger partial charge in [-0.05, 0) is 60.0 Å². The molecule has 0 aliphatic heterocycles. The maximum absolute atomic E-state index is 13.8. The fourth-order valence-corrected chi connectivity index (χ4v) is 5.87. The predicted octanol–water partition coefficient (Wildman–Crippen LogP) is 6.29. The molecule has 11 heteroatoms. The molecule has 0 bridgehead atoms. The number of benzene rings is 4. The quantitative estimate of drug-likeness (QED) is 0.159. The van der Waals surface area contributed by atoms with E-state index in [4.69, 9.17) is 0 Å². The van der Waals surface area contributed by atoms with Crippen molar-refractivity contribution in [3.05, 3.63) is 138 Å². The zero-order valence-electron chi connectivity index (χ0n) is 24.8. The maximum atomic E-state index is 13.8. The molecule has 0 saturated heterocycles. The van der Waals surface area contributed by atoms with E-state index < -0.39 is 39.4 Å². The number of hydrogen-bond acceptors (Lipinski definition) is 5. The first-order chi connectivity index (χ1) is 21.2. The van der Waals surface area contributed by atoms with Gasteiger partial charge in [-0.3, -0.25) is 4.79 Å². The van der Waals surface area contributed by atoms with E-state index in [1.54, 1.807) is 73.7 Å². The molecule has 0 aliphatic carbocycles. The Balaban J connectivity index is 1.67. The lowest BCUT2D eigenvalue weighted by Gasteiger charge is -2.36. The number of carbonyl (C=O) groups excluding carboxylic acids is 1. The Morgan fingerprint density at radius 3 is 2.13 bits per heavy atom. The minimum atomic E-state index is -4.50. The number of alkyl halides is 3. The molecule has 7 nitrogen and oxygen atoms in total. The number of amides is 1. The molecule has 0 heterocycles. The third-order valence-corrected chi connectivity index (χ3v) is 8.31. The zero-order valence-corrected chi connectivity index (χ0v) is 25.6. The van der Waals surface area contributed by atoms with Gasteiger partial charge in [-0.2, -0.15) is 13.2 Å². The molecule has 4 aromatic rings. The summed E-state index contributed by atoms with van der Waals surface area (Å²) in [5.74, 6) is -0.701. The molecule has 4 rings (SSSR count). The Morgan fingerprint density at radius 2 is 1.53 bits per heavy atom. The van der Waals surface area contributed by atoms with Crippen LogP contribution < -0.4 is 14.9 Å². The number of rotatable bonds is 12. The standard InChI is InChI=1S/C34H34F3N3O4S/c1-4-25-18-28(21-31(20-25)40(45(3,43)44)30-16-9-6-10-17-30)32(41)39-33(42,22-26-12-7-5-8-13-26)24(2)38-23-27-14-11-15-29(19-27)34(35,36)37/h4-21,24,38,42H,1,22-23H2,2-3H3,(H,39,41)/t24-,33+/m1/s1. The molecule has 0 unspecified atom stereocenters. The van der Waals surface area contributed by atoms with Crippen molar-refractivity contribution >= 4 is 33.4 Å². The average molecular weight is 638 g/mol. The maximum Gasteiger partial charge on any atom is 0.416 e. The highest BCUT2D eigenvalue weighted by molar-refractivity contribution is 7.92. The van der Waals surface area contributed by atoms with Crippen LogP contribution in [-0.2, 0) is 29.2 Å². The van der Waals surface area contributed by atoms with E-state index in [1.165, 1.54) is 30.3 Å². The SMILES string of the molecule is C=Cc1cc(C(=O)N[C@](O)(Cc2ccccc2)[C@@H](C)NCc2cccc(C(F)(F)F)c2)cc(N(c2ccccc2)S(C)(=O)=O)c1. The Morgan fingerprint density at radius 1 is 0.911 bits per heavy atom. The number of nitrogens with one attached hydrogen (secondary N) is 2. The van der Waals surface area contributed by atoms with Gasteiger partial charge in [-0.25, -0.2) is 12.7 Å². The third kappa shape index (κ3) is 8.59. The van der Waals surface area contributed by atoms with Crippen LogP contribution in [0.25, 0.3) is 6.08 Å². The Labute approximate surface area is 261 Å². The monoisotopic (exact) mass is 637 g/mol. The Hall–Kier alpha value is -4.45. The van der Waals surface area contributed by atoms with Gasteiger partial charge in [-0.1, -0.05) is 79.4 Å². The first-order valence-electron chi connectivity index (χ1n) is 14.0. The number of aliphatic hydroxyl groups is 1. The second-order valence-corrected chi connectivity index (χ2v) is 12.6. The number of sulfonamides is 1. The smallest absolute Gasteiger partial charge is 0.369 e. The molecule has 1 amide bonds. The van der Waals surface area contributed by atoms with Crippen LogP contribution >= 0.6 is 0 Å². The number of anilines is 2. The van der Waals surface area contributed by atoms with Crippen molar-refractivity contribution in [1.82, 2.24) is 10.6 Å². The van der Waals surface area contributed by atoms with Gasteiger partial charge in [-0.15, -0.1) is 0 Å². The molecule has 0 spiro atoms. The third-order valence-electron chi connectivity index (χ3n) is 7.22. The Bertz CT molecular complexity index is 1750. The van der Waals surface area contributed by atoms with E-state index in [-0.39, 0.29) is 24.2 Å². The summed E-state index contributed by atoms with van der Waals surface area (Å²) < 4.78 is 66.6. The summed E-state index contributed by atoms with van der Waals surface area (Å²) in [5.41, 5.74) is -0.600. The van der Waals surface area contributed by atoms with Gasteiger partial charge in [0, 0.05) is 18.5 Å². The number of hydrogen-bond donors (Lipinski definition) is 3. The number of halogens is 3. The molecule has 2 atom stereocenters. The van der Waals surface area contributed by atoms with Crippen LogP contribution in [0.15, 0.2) is 110 Å². The molecule has 0 fully saturated rings. The molecule has 45 heavy (non-hydrogen) atoms. The van der Waals surface area contributed by atoms with E-state index in [0.29, 0.717) is 22.4 Å². The van der Waals surface area contributed by atoms with Crippen molar-refractivity contribution in [2.45, 2.75) is 37.8 Å². The number of carbonyl (C=O) groups is 1. The van der Waals surface area contributed by atoms with Crippen LogP contribution in [0, 0.1) is 0 Å². The van der Waals surface area contributed by atoms with Gasteiger partial charge in [0.25, 0.3) is 5.91 Å². The minimum absolute atomic E-state index is 0.0193. The summed E-state index contributed by atoms with van der Waals surface area (Å²) in [4.78, 5) is 13.8. The molecule has 0 aromatic heterocycles. The first-order valence-corrected chi connectivity index (χ1v) is 15.9. The highest BCUT2D eigenvalue weighted by Gasteiger charge is 2.36. The predicted molar refractivity (Wildman–Crippen MR) is 170 cm³/mol. The van der Waals surface area contributed by atoms with Crippen molar-refractivity contribution in [1.29, 1.82) is 0 Å². The van der Waals surface area contributed by atoms with Gasteiger partial charge in [0.2, 0.25) is 10.0 Å². The molecule has 3 N–H and O–H groups in total. The van der Waals surface area contributed by atoms with E-state index in [1.807, 2.05) is 0 Å². The van der Waals surface area contributed by atoms with Crippen LogP contribution in [0.1, 0.15) is 39.5 Å². The van der Waals surface area contributed by atoms with Crippen molar-refractivity contribution in [2.75, 3.05) is 10.6 Å². The van der Waals surface area contributed by atoms with Gasteiger partial charge in [0.05, 0.1) is 29.2 Å². The Kier molecular flexibility index (Phi) is 10.2. The summed E-state index contributed by atoms with van der Waals surface area (Å²) in [7, 11) is -3.84. The largest absolute Gasteiger partial charge is 0.416 e. The fourth-order valence-electron chi connectivity index (χ4n) is 4.88. The second kappa shape index (κ2) is 13.7. The van der Waals surface area contributed by atoms with E-state index >= 15 is 0 Å². The van der Waals surface area contributed by atoms with Gasteiger partial charge in [0.15, 0.2) is 5.72 Å². The highest BCUT2D eigenvalue weighted by Crippen LogP contribution is 2.31. The lowest BCUT2D eigenvalue weighted by molar-refractivity contribution is -0.137. The summed E-state index contributed by atoms with van der Waals surface area (Å²) in [5, 5.41) is 17.7. The second-order valence-electron chi connectivity index (χ2n) is 10.7. The van der Waals surface area contributed by atoms with Gasteiger partial charge in [0.1, 0.15) is 0 Å². The normalized spacial score (nSPS) is 13.8. The van der Waals surface area contributed by atoms with Crippen LogP contribution in [0.5, 0.6) is 0 Å². The fraction of sp³-hybridized carbons (Fsp3) is 0.206. The van der Waals surface area contributed by atoms with Crippen LogP contribution in [0.4, 0.5) is 24.5 Å². The number of nitrogens with zero attached hydrogens (tertiary/aromatic N) is 1. The van der Waals surface area contributed by atoms with E-state index in [0.717, 1.165) is 22.7 Å². The molecule has 0 radical (unpaired) electrons. The van der Waals surface area contributed by atoms with Gasteiger partial charge < -0.3 is 15.7 Å². The van der Waals surface area contributed by atoms with Crippen molar-refractivity contribution in [3.63, 3.8) is 0 Å².